The molecule has 0 amide bonds. The van der Waals surface area contributed by atoms with Crippen LogP contribution >= 0.6 is 11.9 Å². The van der Waals surface area contributed by atoms with E-state index in [4.69, 9.17) is 11.6 Å². The molecule has 1 fully saturated rings. The second-order valence-corrected chi connectivity index (χ2v) is 6.82. The number of amidine groups is 1. The molecule has 1 aliphatic rings. The molecule has 0 atom stereocenters. The molecule has 1 saturated carbocycles. The molecule has 7 heteroatoms. The van der Waals surface area contributed by atoms with Crippen molar-refractivity contribution >= 4 is 23.5 Å². The molecule has 0 saturated heterocycles. The molecule has 128 valence electrons. The summed E-state index contributed by atoms with van der Waals surface area (Å²) in [6, 6.07) is 6.73. The molecule has 0 aromatic heterocycles. The van der Waals surface area contributed by atoms with Gasteiger partial charge in [-0.25, -0.2) is 11.0 Å². The van der Waals surface area contributed by atoms with E-state index in [1.54, 1.807) is 11.9 Å². The summed E-state index contributed by atoms with van der Waals surface area (Å²) in [4.78, 5) is 1.09. The fourth-order valence-electron chi connectivity index (χ4n) is 2.77. The summed E-state index contributed by atoms with van der Waals surface area (Å²) >= 11 is 1.55. The Kier molecular flexibility index (Phi) is 7.01. The molecule has 0 bridgehead atoms. The smallest absolute Gasteiger partial charge is 0.154 e. The maximum absolute atomic E-state index is 6.20. The highest BCUT2D eigenvalue weighted by Crippen LogP contribution is 2.27. The Hall–Kier alpha value is -1.44. The van der Waals surface area contributed by atoms with Gasteiger partial charge in [0.05, 0.1) is 6.54 Å². The van der Waals surface area contributed by atoms with Gasteiger partial charge in [-0.05, 0) is 57.0 Å². The summed E-state index contributed by atoms with van der Waals surface area (Å²) in [5.74, 6) is 6.21. The van der Waals surface area contributed by atoms with Crippen LogP contribution in [0.25, 0.3) is 0 Å². The molecule has 6 N–H and O–H groups in total. The summed E-state index contributed by atoms with van der Waals surface area (Å²) in [6.07, 6.45) is 6.33. The third kappa shape index (κ3) is 5.30. The van der Waals surface area contributed by atoms with E-state index in [1.165, 1.54) is 37.2 Å². The fourth-order valence-corrected chi connectivity index (χ4v) is 3.32. The normalized spacial score (nSPS) is 16.4. The molecule has 1 aromatic rings. The number of nitrogens with one attached hydrogen (secondary N) is 2. The minimum absolute atomic E-state index is 0.436. The van der Waals surface area contributed by atoms with E-state index < -0.39 is 0 Å². The zero-order valence-electron chi connectivity index (χ0n) is 14.0. The van der Waals surface area contributed by atoms with Crippen LogP contribution in [0.5, 0.6) is 0 Å². The largest absolute Gasteiger partial charge is 0.382 e. The summed E-state index contributed by atoms with van der Waals surface area (Å²) < 4.78 is 3.08. The lowest BCUT2D eigenvalue weighted by molar-refractivity contribution is 0.316. The standard InChI is InChI=1S/C16H28N6S/c1-3-22(18)21-16(17)14-11-13(23-19-2)9-10-15(14)20-12-7-5-4-6-8-12/h9-12,19-20H,3-8,18H2,1-2H3,(H2,17,21). The average Bonchev–Trinajstić information content (AvgIpc) is 2.57. The number of hydrazine groups is 1. The Morgan fingerprint density at radius 2 is 2.09 bits per heavy atom. The van der Waals surface area contributed by atoms with Gasteiger partial charge in [0, 0.05) is 22.2 Å². The van der Waals surface area contributed by atoms with Gasteiger partial charge >= 0.3 is 0 Å². The molecule has 1 aromatic carbocycles. The van der Waals surface area contributed by atoms with Crippen LogP contribution in [0, 0.1) is 0 Å². The Morgan fingerprint density at radius 1 is 1.35 bits per heavy atom. The maximum Gasteiger partial charge on any atom is 0.154 e. The van der Waals surface area contributed by atoms with Gasteiger partial charge in [-0.15, -0.1) is 5.10 Å². The molecule has 0 spiro atoms. The van der Waals surface area contributed by atoms with Gasteiger partial charge in [0.1, 0.15) is 0 Å². The number of benzene rings is 1. The van der Waals surface area contributed by atoms with Crippen molar-refractivity contribution in [2.75, 3.05) is 18.9 Å². The highest BCUT2D eigenvalue weighted by Gasteiger charge is 2.16. The van der Waals surface area contributed by atoms with Crippen molar-refractivity contribution in [3.8, 4) is 0 Å². The third-order valence-corrected chi connectivity index (χ3v) is 4.71. The molecular formula is C16H28N6S. The molecule has 0 unspecified atom stereocenters. The lowest BCUT2D eigenvalue weighted by atomic mass is 9.95. The quantitative estimate of drug-likeness (QED) is 0.201. The molecule has 2 rings (SSSR count). The van der Waals surface area contributed by atoms with Crippen molar-refractivity contribution in [3.05, 3.63) is 23.8 Å². The lowest BCUT2D eigenvalue weighted by Crippen LogP contribution is -2.30. The van der Waals surface area contributed by atoms with Gasteiger partial charge in [-0.3, -0.25) is 4.72 Å². The van der Waals surface area contributed by atoms with Gasteiger partial charge in [-0.1, -0.05) is 19.3 Å². The van der Waals surface area contributed by atoms with Crippen LogP contribution in [-0.4, -0.2) is 30.6 Å². The number of nitrogens with zero attached hydrogens (tertiary/aromatic N) is 2. The van der Waals surface area contributed by atoms with E-state index in [9.17, 15) is 0 Å². The minimum Gasteiger partial charge on any atom is -0.382 e. The van der Waals surface area contributed by atoms with Gasteiger partial charge < -0.3 is 11.1 Å². The zero-order valence-corrected chi connectivity index (χ0v) is 14.8. The second kappa shape index (κ2) is 9.00. The lowest BCUT2D eigenvalue weighted by Gasteiger charge is -2.25. The highest BCUT2D eigenvalue weighted by atomic mass is 32.2. The first-order valence-electron chi connectivity index (χ1n) is 8.25. The topological polar surface area (TPSA) is 91.7 Å². The first kappa shape index (κ1) is 17.9. The van der Waals surface area contributed by atoms with Crippen LogP contribution in [-0.2, 0) is 0 Å². The number of rotatable bonds is 7. The molecule has 6 nitrogen and oxygen atoms in total. The Balaban J connectivity index is 2.26. The van der Waals surface area contributed by atoms with Gasteiger partial charge in [0.2, 0.25) is 0 Å². The molecule has 1 aliphatic carbocycles. The van der Waals surface area contributed by atoms with Crippen molar-refractivity contribution in [1.82, 2.24) is 9.84 Å². The molecule has 0 heterocycles. The SMILES string of the molecule is CCN(N)/N=C(\N)c1cc(SNC)ccc1NC1CCCCC1. The van der Waals surface area contributed by atoms with E-state index in [2.05, 4.69) is 33.3 Å². The van der Waals surface area contributed by atoms with Crippen LogP contribution in [0.3, 0.4) is 0 Å². The molecule has 0 aliphatic heterocycles. The van der Waals surface area contributed by atoms with Gasteiger partial charge in [0.25, 0.3) is 0 Å². The van der Waals surface area contributed by atoms with E-state index in [1.807, 2.05) is 14.0 Å². The van der Waals surface area contributed by atoms with E-state index in [0.717, 1.165) is 16.1 Å². The van der Waals surface area contributed by atoms with Crippen molar-refractivity contribution in [1.29, 1.82) is 0 Å². The summed E-state index contributed by atoms with van der Waals surface area (Å²) in [6.45, 7) is 2.54. The Morgan fingerprint density at radius 3 is 2.74 bits per heavy atom. The second-order valence-electron chi connectivity index (χ2n) is 5.73. The highest BCUT2D eigenvalue weighted by molar-refractivity contribution is 7.97. The summed E-state index contributed by atoms with van der Waals surface area (Å²) in [5.41, 5.74) is 8.13. The van der Waals surface area contributed by atoms with Crippen LogP contribution in [0.1, 0.15) is 44.6 Å². The number of hydrogen-bond acceptors (Lipinski definition) is 6. The first-order chi connectivity index (χ1) is 11.1. The summed E-state index contributed by atoms with van der Waals surface area (Å²) in [7, 11) is 1.90. The van der Waals surface area contributed by atoms with Gasteiger partial charge in [0.15, 0.2) is 5.84 Å². The average molecular weight is 337 g/mol. The molecule has 23 heavy (non-hydrogen) atoms. The van der Waals surface area contributed by atoms with Gasteiger partial charge in [-0.2, -0.15) is 0 Å². The first-order valence-corrected chi connectivity index (χ1v) is 9.06. The number of hydrogen-bond donors (Lipinski definition) is 4. The van der Waals surface area contributed by atoms with Crippen molar-refractivity contribution in [2.24, 2.45) is 16.7 Å². The van der Waals surface area contributed by atoms with Crippen molar-refractivity contribution in [3.63, 3.8) is 0 Å². The monoisotopic (exact) mass is 336 g/mol. The Bertz CT molecular complexity index is 527. The predicted octanol–water partition coefficient (Wildman–Crippen LogP) is 2.47. The fraction of sp³-hybridized carbons (Fsp3) is 0.562. The maximum atomic E-state index is 6.20. The zero-order chi connectivity index (χ0) is 16.7. The van der Waals surface area contributed by atoms with Crippen LogP contribution < -0.4 is 21.6 Å². The van der Waals surface area contributed by atoms with E-state index >= 15 is 0 Å². The molecular weight excluding hydrogens is 308 g/mol. The minimum atomic E-state index is 0.436. The van der Waals surface area contributed by atoms with E-state index in [-0.39, 0.29) is 0 Å². The van der Waals surface area contributed by atoms with Crippen molar-refractivity contribution < 1.29 is 0 Å². The number of nitrogens with two attached hydrogens (primary N) is 2. The van der Waals surface area contributed by atoms with Crippen LogP contribution in [0.2, 0.25) is 0 Å². The predicted molar refractivity (Wildman–Crippen MR) is 99.1 cm³/mol. The Labute approximate surface area is 143 Å². The van der Waals surface area contributed by atoms with E-state index in [0.29, 0.717) is 18.4 Å². The third-order valence-electron chi connectivity index (χ3n) is 4.01. The van der Waals surface area contributed by atoms with Crippen LogP contribution in [0.15, 0.2) is 28.2 Å². The summed E-state index contributed by atoms with van der Waals surface area (Å²) in [5, 5.41) is 9.26. The molecule has 0 radical (unpaired) electrons. The number of hydrazone groups is 1. The van der Waals surface area contributed by atoms with Crippen molar-refractivity contribution in [2.45, 2.75) is 50.0 Å². The number of anilines is 1. The van der Waals surface area contributed by atoms with Crippen LogP contribution in [0.4, 0.5) is 5.69 Å².